The number of nitrogens with one attached hydrogen (secondary N) is 1. The molecule has 1 N–H and O–H groups in total. The van der Waals surface area contributed by atoms with Crippen LogP contribution in [-0.4, -0.2) is 27.8 Å². The smallest absolute Gasteiger partial charge is 0.240 e. The van der Waals surface area contributed by atoms with Gasteiger partial charge in [0, 0.05) is 11.4 Å². The molecule has 0 aliphatic carbocycles. The van der Waals surface area contributed by atoms with Crippen molar-refractivity contribution in [2.24, 2.45) is 0 Å². The van der Waals surface area contributed by atoms with Crippen LogP contribution in [0.4, 0.5) is 0 Å². The van der Waals surface area contributed by atoms with Gasteiger partial charge in [0.2, 0.25) is 10.0 Å². The first kappa shape index (κ1) is 17.8. The van der Waals surface area contributed by atoms with Crippen LogP contribution in [0.2, 0.25) is 0 Å². The summed E-state index contributed by atoms with van der Waals surface area (Å²) in [6.45, 7) is 2.60. The van der Waals surface area contributed by atoms with Crippen molar-refractivity contribution in [2.45, 2.75) is 23.1 Å². The maximum atomic E-state index is 12.2. The molecule has 23 heavy (non-hydrogen) atoms. The lowest BCUT2D eigenvalue weighted by molar-refractivity contribution is 0.322. The number of benzene rings is 2. The fourth-order valence-corrected chi connectivity index (χ4v) is 3.43. The molecule has 0 fully saturated rings. The van der Waals surface area contributed by atoms with E-state index < -0.39 is 10.0 Å². The minimum atomic E-state index is -3.49. The molecule has 0 saturated carbocycles. The van der Waals surface area contributed by atoms with Gasteiger partial charge in [-0.3, -0.25) is 0 Å². The van der Waals surface area contributed by atoms with Crippen molar-refractivity contribution in [3.63, 3.8) is 0 Å². The highest BCUT2D eigenvalue weighted by Gasteiger charge is 2.12. The molecule has 0 radical (unpaired) electrons. The van der Waals surface area contributed by atoms with Crippen molar-refractivity contribution >= 4 is 21.8 Å². The molecule has 0 aromatic heterocycles. The molecule has 124 valence electrons. The van der Waals surface area contributed by atoms with Gasteiger partial charge in [-0.2, -0.15) is 0 Å². The van der Waals surface area contributed by atoms with Crippen molar-refractivity contribution < 1.29 is 13.2 Å². The second-order valence-electron chi connectivity index (χ2n) is 4.92. The molecule has 0 atom stereocenters. The molecule has 0 aliphatic heterocycles. The van der Waals surface area contributed by atoms with E-state index in [0.29, 0.717) is 0 Å². The average Bonchev–Trinajstić information content (AvgIpc) is 2.59. The molecule has 2 rings (SSSR count). The molecule has 0 spiro atoms. The molecule has 2 aromatic carbocycles. The van der Waals surface area contributed by atoms with Crippen LogP contribution in [0.1, 0.15) is 12.5 Å². The van der Waals surface area contributed by atoms with Crippen LogP contribution in [0.25, 0.3) is 0 Å². The molecule has 0 heterocycles. The Balaban J connectivity index is 1.84. The summed E-state index contributed by atoms with van der Waals surface area (Å²) in [6, 6.07) is 14.6. The van der Waals surface area contributed by atoms with Gasteiger partial charge in [-0.25, -0.2) is 13.1 Å². The minimum Gasteiger partial charge on any atom is -0.492 e. The number of hydrogen-bond donors (Lipinski definition) is 1. The predicted molar refractivity (Wildman–Crippen MR) is 94.7 cm³/mol. The molecule has 4 nitrogen and oxygen atoms in total. The van der Waals surface area contributed by atoms with Crippen molar-refractivity contribution in [2.75, 3.05) is 19.4 Å². The fraction of sp³-hybridized carbons (Fsp3) is 0.294. The van der Waals surface area contributed by atoms with Crippen molar-refractivity contribution in [3.05, 3.63) is 54.1 Å². The SMILES string of the molecule is CCc1ccc(OCCNS(=O)(=O)c2ccc(SC)cc2)cc1. The first-order chi connectivity index (χ1) is 11.0. The number of ether oxygens (including phenoxy) is 1. The van der Waals surface area contributed by atoms with Gasteiger partial charge in [0.1, 0.15) is 12.4 Å². The van der Waals surface area contributed by atoms with E-state index in [2.05, 4.69) is 11.6 Å². The normalized spacial score (nSPS) is 11.4. The van der Waals surface area contributed by atoms with Gasteiger partial charge in [-0.1, -0.05) is 19.1 Å². The van der Waals surface area contributed by atoms with E-state index in [1.54, 1.807) is 36.0 Å². The number of sulfonamides is 1. The summed E-state index contributed by atoms with van der Waals surface area (Å²) >= 11 is 1.57. The molecular weight excluding hydrogens is 330 g/mol. The van der Waals surface area contributed by atoms with Crippen LogP contribution < -0.4 is 9.46 Å². The van der Waals surface area contributed by atoms with E-state index in [-0.39, 0.29) is 18.0 Å². The van der Waals surface area contributed by atoms with Crippen molar-refractivity contribution in [1.82, 2.24) is 4.72 Å². The van der Waals surface area contributed by atoms with Crippen LogP contribution in [0.5, 0.6) is 5.75 Å². The van der Waals surface area contributed by atoms with Crippen LogP contribution >= 0.6 is 11.8 Å². The monoisotopic (exact) mass is 351 g/mol. The Hall–Kier alpha value is -1.50. The molecule has 0 saturated heterocycles. The summed E-state index contributed by atoms with van der Waals surface area (Å²) in [5.74, 6) is 0.741. The highest BCUT2D eigenvalue weighted by Crippen LogP contribution is 2.17. The minimum absolute atomic E-state index is 0.224. The van der Waals surface area contributed by atoms with Gasteiger partial charge in [0.05, 0.1) is 4.90 Å². The quantitative estimate of drug-likeness (QED) is 0.585. The summed E-state index contributed by atoms with van der Waals surface area (Å²) in [5, 5.41) is 0. The average molecular weight is 351 g/mol. The summed E-state index contributed by atoms with van der Waals surface area (Å²) in [5.41, 5.74) is 1.24. The lowest BCUT2D eigenvalue weighted by atomic mass is 10.2. The number of rotatable bonds is 8. The maximum Gasteiger partial charge on any atom is 0.240 e. The topological polar surface area (TPSA) is 55.4 Å². The predicted octanol–water partition coefficient (Wildman–Crippen LogP) is 3.33. The van der Waals surface area contributed by atoms with Gasteiger partial charge in [0.15, 0.2) is 0 Å². The van der Waals surface area contributed by atoms with Crippen molar-refractivity contribution in [3.8, 4) is 5.75 Å². The zero-order valence-electron chi connectivity index (χ0n) is 13.3. The Labute approximate surface area is 142 Å². The van der Waals surface area contributed by atoms with Crippen LogP contribution in [-0.2, 0) is 16.4 Å². The molecule has 6 heteroatoms. The summed E-state index contributed by atoms with van der Waals surface area (Å²) in [6.07, 6.45) is 2.93. The largest absolute Gasteiger partial charge is 0.492 e. The summed E-state index contributed by atoms with van der Waals surface area (Å²) in [4.78, 5) is 1.30. The van der Waals surface area contributed by atoms with Gasteiger partial charge >= 0.3 is 0 Å². The Bertz CT molecular complexity index is 711. The standard InChI is InChI=1S/C17H21NO3S2/c1-3-14-4-6-15(7-5-14)21-13-12-18-23(19,20)17-10-8-16(22-2)9-11-17/h4-11,18H,3,12-13H2,1-2H3. The fourth-order valence-electron chi connectivity index (χ4n) is 2.00. The molecule has 0 aliphatic rings. The van der Waals surface area contributed by atoms with E-state index in [1.807, 2.05) is 30.5 Å². The van der Waals surface area contributed by atoms with Crippen LogP contribution in [0.3, 0.4) is 0 Å². The molecule has 0 unspecified atom stereocenters. The zero-order valence-corrected chi connectivity index (χ0v) is 14.9. The highest BCUT2D eigenvalue weighted by atomic mass is 32.2. The Morgan fingerprint density at radius 1 is 1.04 bits per heavy atom. The van der Waals surface area contributed by atoms with E-state index in [9.17, 15) is 8.42 Å². The molecule has 0 bridgehead atoms. The number of aryl methyl sites for hydroxylation is 1. The summed E-state index contributed by atoms with van der Waals surface area (Å²) in [7, 11) is -3.49. The van der Waals surface area contributed by atoms with E-state index >= 15 is 0 Å². The van der Waals surface area contributed by atoms with Gasteiger partial charge in [0.25, 0.3) is 0 Å². The van der Waals surface area contributed by atoms with E-state index in [0.717, 1.165) is 17.1 Å². The van der Waals surface area contributed by atoms with E-state index in [1.165, 1.54) is 5.56 Å². The number of thioether (sulfide) groups is 1. The van der Waals surface area contributed by atoms with Crippen LogP contribution in [0, 0.1) is 0 Å². The lowest BCUT2D eigenvalue weighted by Crippen LogP contribution is -2.28. The number of hydrogen-bond acceptors (Lipinski definition) is 4. The van der Waals surface area contributed by atoms with Gasteiger partial charge in [-0.05, 0) is 54.6 Å². The van der Waals surface area contributed by atoms with E-state index in [4.69, 9.17) is 4.74 Å². The Kier molecular flexibility index (Phi) is 6.50. The highest BCUT2D eigenvalue weighted by molar-refractivity contribution is 7.98. The first-order valence-electron chi connectivity index (χ1n) is 7.40. The Morgan fingerprint density at radius 3 is 2.26 bits per heavy atom. The zero-order chi connectivity index (χ0) is 16.7. The second kappa shape index (κ2) is 8.38. The third-order valence-electron chi connectivity index (χ3n) is 3.36. The van der Waals surface area contributed by atoms with Crippen LogP contribution in [0.15, 0.2) is 58.3 Å². The van der Waals surface area contributed by atoms with Crippen molar-refractivity contribution in [1.29, 1.82) is 0 Å². The Morgan fingerprint density at radius 2 is 1.70 bits per heavy atom. The second-order valence-corrected chi connectivity index (χ2v) is 7.57. The maximum absolute atomic E-state index is 12.2. The molecular formula is C17H21NO3S2. The third-order valence-corrected chi connectivity index (χ3v) is 5.58. The molecule has 2 aromatic rings. The first-order valence-corrected chi connectivity index (χ1v) is 10.1. The third kappa shape index (κ3) is 5.27. The summed E-state index contributed by atoms with van der Waals surface area (Å²) < 4.78 is 32.4. The van der Waals surface area contributed by atoms with Gasteiger partial charge < -0.3 is 4.74 Å². The molecule has 0 amide bonds. The lowest BCUT2D eigenvalue weighted by Gasteiger charge is -2.09. The van der Waals surface area contributed by atoms with Gasteiger partial charge in [-0.15, -0.1) is 11.8 Å².